The summed E-state index contributed by atoms with van der Waals surface area (Å²) < 4.78 is 16.5. The molecule has 4 heteroatoms. The Balaban J connectivity index is 1.37. The van der Waals surface area contributed by atoms with Gasteiger partial charge in [-0.3, -0.25) is 0 Å². The van der Waals surface area contributed by atoms with Gasteiger partial charge in [-0.1, -0.05) is 117 Å². The molecule has 0 atom stereocenters. The van der Waals surface area contributed by atoms with Gasteiger partial charge in [-0.05, 0) is 38.5 Å². The Labute approximate surface area is 273 Å². The molecule has 4 nitrogen and oxygen atoms in total. The number of ether oxygens (including phenoxy) is 2. The molecule has 0 spiro atoms. The third kappa shape index (κ3) is 21.6. The summed E-state index contributed by atoms with van der Waals surface area (Å²) in [6.07, 6.45) is 41.0. The van der Waals surface area contributed by atoms with Crippen molar-refractivity contribution in [1.29, 1.82) is 0 Å². The van der Waals surface area contributed by atoms with E-state index in [1.807, 2.05) is 0 Å². The minimum atomic E-state index is 0.793. The SMILES string of the molecule is CCCCCCCCCCCC[n+]1ccc(OCCCCCCOc2cc[n+](CCCCCCCCCCCC)cc2)cc1. The second-order valence-corrected chi connectivity index (χ2v) is 13.0. The average molecular weight is 611 g/mol. The van der Waals surface area contributed by atoms with Crippen molar-refractivity contribution in [3.05, 3.63) is 49.1 Å². The summed E-state index contributed by atoms with van der Waals surface area (Å²) in [4.78, 5) is 0. The normalized spacial score (nSPS) is 11.2. The Bertz CT molecular complexity index is 794. The summed E-state index contributed by atoms with van der Waals surface area (Å²) in [6, 6.07) is 8.46. The van der Waals surface area contributed by atoms with Gasteiger partial charge in [0.25, 0.3) is 0 Å². The Kier molecular flexibility index (Phi) is 24.6. The first-order valence-electron chi connectivity index (χ1n) is 19.1. The van der Waals surface area contributed by atoms with Crippen LogP contribution >= 0.6 is 0 Å². The minimum absolute atomic E-state index is 0.793. The molecule has 0 radical (unpaired) electrons. The zero-order valence-corrected chi connectivity index (χ0v) is 29.1. The van der Waals surface area contributed by atoms with Gasteiger partial charge in [-0.25, -0.2) is 9.13 Å². The summed E-state index contributed by atoms with van der Waals surface area (Å²) in [5, 5.41) is 0. The Morgan fingerprint density at radius 2 is 0.636 bits per heavy atom. The number of aromatic nitrogens is 2. The number of aryl methyl sites for hydroxylation is 2. The zero-order chi connectivity index (χ0) is 31.2. The molecule has 0 bridgehead atoms. The van der Waals surface area contributed by atoms with E-state index in [2.05, 4.69) is 72.0 Å². The number of hydrogen-bond donors (Lipinski definition) is 0. The van der Waals surface area contributed by atoms with Gasteiger partial charge in [-0.15, -0.1) is 0 Å². The van der Waals surface area contributed by atoms with Crippen molar-refractivity contribution in [2.75, 3.05) is 13.2 Å². The van der Waals surface area contributed by atoms with Gasteiger partial charge in [0, 0.05) is 37.1 Å². The summed E-state index contributed by atoms with van der Waals surface area (Å²) in [6.45, 7) is 8.39. The molecule has 0 aliphatic rings. The van der Waals surface area contributed by atoms with E-state index in [-0.39, 0.29) is 0 Å². The summed E-state index contributed by atoms with van der Waals surface area (Å²) in [5.74, 6) is 1.98. The zero-order valence-electron chi connectivity index (χ0n) is 29.1. The molecule has 0 amide bonds. The Hall–Kier alpha value is -2.10. The van der Waals surface area contributed by atoms with Crippen LogP contribution in [0.5, 0.6) is 11.5 Å². The summed E-state index contributed by atoms with van der Waals surface area (Å²) in [5.41, 5.74) is 0. The number of unbranched alkanes of at least 4 members (excludes halogenated alkanes) is 21. The van der Waals surface area contributed by atoms with Crippen molar-refractivity contribution in [1.82, 2.24) is 0 Å². The highest BCUT2D eigenvalue weighted by molar-refractivity contribution is 5.15. The van der Waals surface area contributed by atoms with Gasteiger partial charge < -0.3 is 9.47 Å². The molecule has 0 aliphatic carbocycles. The van der Waals surface area contributed by atoms with Crippen LogP contribution < -0.4 is 18.6 Å². The number of nitrogens with zero attached hydrogens (tertiary/aromatic N) is 2. The van der Waals surface area contributed by atoms with Crippen LogP contribution in [-0.4, -0.2) is 13.2 Å². The fourth-order valence-corrected chi connectivity index (χ4v) is 5.88. The molecule has 0 aliphatic heterocycles. The lowest BCUT2D eigenvalue weighted by molar-refractivity contribution is -0.697. The average Bonchev–Trinajstić information content (AvgIpc) is 3.05. The molecule has 0 fully saturated rings. The van der Waals surface area contributed by atoms with E-state index < -0.39 is 0 Å². The highest BCUT2D eigenvalue weighted by Crippen LogP contribution is 2.13. The van der Waals surface area contributed by atoms with Crippen molar-refractivity contribution < 1.29 is 18.6 Å². The lowest BCUT2D eigenvalue weighted by Gasteiger charge is -2.07. The number of pyridine rings is 2. The van der Waals surface area contributed by atoms with Crippen LogP contribution in [0.3, 0.4) is 0 Å². The van der Waals surface area contributed by atoms with Crippen molar-refractivity contribution in [2.45, 2.75) is 181 Å². The van der Waals surface area contributed by atoms with Gasteiger partial charge in [0.2, 0.25) is 0 Å². The first kappa shape index (κ1) is 38.1. The maximum absolute atomic E-state index is 5.97. The number of rotatable bonds is 31. The van der Waals surface area contributed by atoms with E-state index in [0.29, 0.717) is 0 Å². The fraction of sp³-hybridized carbons (Fsp3) is 0.750. The predicted molar refractivity (Wildman–Crippen MR) is 186 cm³/mol. The van der Waals surface area contributed by atoms with Crippen LogP contribution in [0.25, 0.3) is 0 Å². The largest absolute Gasteiger partial charge is 0.493 e. The molecule has 2 aromatic rings. The molecule has 0 aromatic carbocycles. The molecule has 2 rings (SSSR count). The van der Waals surface area contributed by atoms with Crippen LogP contribution in [0.2, 0.25) is 0 Å². The smallest absolute Gasteiger partial charge is 0.172 e. The molecule has 2 heterocycles. The van der Waals surface area contributed by atoms with E-state index in [9.17, 15) is 0 Å². The van der Waals surface area contributed by atoms with Gasteiger partial charge in [0.05, 0.1) is 13.2 Å². The fourth-order valence-electron chi connectivity index (χ4n) is 5.88. The highest BCUT2D eigenvalue weighted by Gasteiger charge is 2.04. The van der Waals surface area contributed by atoms with E-state index in [1.165, 1.54) is 141 Å². The molecule has 0 saturated heterocycles. The van der Waals surface area contributed by atoms with Crippen molar-refractivity contribution in [3.8, 4) is 11.5 Å². The lowest BCUT2D eigenvalue weighted by Crippen LogP contribution is -2.32. The van der Waals surface area contributed by atoms with Crippen LogP contribution in [0, 0.1) is 0 Å². The third-order valence-corrected chi connectivity index (χ3v) is 8.84. The van der Waals surface area contributed by atoms with Crippen LogP contribution in [0.1, 0.15) is 168 Å². The predicted octanol–water partition coefficient (Wildman–Crippen LogP) is 11.1. The topological polar surface area (TPSA) is 26.2 Å². The van der Waals surface area contributed by atoms with Gasteiger partial charge in [0.1, 0.15) is 24.6 Å². The van der Waals surface area contributed by atoms with E-state index in [1.54, 1.807) is 0 Å². The maximum Gasteiger partial charge on any atom is 0.172 e. The van der Waals surface area contributed by atoms with E-state index in [0.717, 1.165) is 50.6 Å². The van der Waals surface area contributed by atoms with Crippen LogP contribution in [0.15, 0.2) is 49.1 Å². The molecule has 250 valence electrons. The molecule has 0 saturated carbocycles. The maximum atomic E-state index is 5.97. The standard InChI is InChI=1S/C40H70N2O2/c1-3-5-7-9-11-13-15-17-19-23-31-41-33-27-39(28-34-41)43-37-25-21-22-26-38-44-40-29-35-42(36-30-40)32-24-20-18-16-14-12-10-8-6-4-2/h27-30,33-36H,3-26,31-32,37-38H2,1-2H3/q+2. The van der Waals surface area contributed by atoms with Gasteiger partial charge in [-0.2, -0.15) is 0 Å². The first-order valence-corrected chi connectivity index (χ1v) is 19.1. The number of hydrogen-bond acceptors (Lipinski definition) is 2. The van der Waals surface area contributed by atoms with Gasteiger partial charge in [0.15, 0.2) is 24.8 Å². The monoisotopic (exact) mass is 611 g/mol. The summed E-state index contributed by atoms with van der Waals surface area (Å²) >= 11 is 0. The quantitative estimate of drug-likeness (QED) is 0.0627. The highest BCUT2D eigenvalue weighted by atomic mass is 16.5. The molecule has 2 aromatic heterocycles. The molecular formula is C40H70N2O2+2. The third-order valence-electron chi connectivity index (χ3n) is 8.84. The van der Waals surface area contributed by atoms with Crippen LogP contribution in [-0.2, 0) is 13.1 Å². The van der Waals surface area contributed by atoms with E-state index >= 15 is 0 Å². The minimum Gasteiger partial charge on any atom is -0.493 e. The summed E-state index contributed by atoms with van der Waals surface area (Å²) in [7, 11) is 0. The Morgan fingerprint density at radius 1 is 0.364 bits per heavy atom. The van der Waals surface area contributed by atoms with Crippen LogP contribution in [0.4, 0.5) is 0 Å². The molecule has 0 N–H and O–H groups in total. The van der Waals surface area contributed by atoms with Gasteiger partial charge >= 0.3 is 0 Å². The van der Waals surface area contributed by atoms with Crippen molar-refractivity contribution in [3.63, 3.8) is 0 Å². The Morgan fingerprint density at radius 3 is 0.955 bits per heavy atom. The molecular weight excluding hydrogens is 540 g/mol. The van der Waals surface area contributed by atoms with Crippen molar-refractivity contribution in [2.24, 2.45) is 0 Å². The molecule has 0 unspecified atom stereocenters. The van der Waals surface area contributed by atoms with Crippen molar-refractivity contribution >= 4 is 0 Å². The second-order valence-electron chi connectivity index (χ2n) is 13.0. The second kappa shape index (κ2) is 28.4. The lowest BCUT2D eigenvalue weighted by atomic mass is 10.1. The first-order chi connectivity index (χ1) is 21.8. The molecule has 44 heavy (non-hydrogen) atoms. The van der Waals surface area contributed by atoms with E-state index in [4.69, 9.17) is 9.47 Å².